The van der Waals surface area contributed by atoms with E-state index < -0.39 is 0 Å². The molecular weight excluding hydrogens is 363 g/mol. The lowest BCUT2D eigenvalue weighted by Crippen LogP contribution is -2.18. The van der Waals surface area contributed by atoms with Gasteiger partial charge in [0.05, 0.1) is 35.5 Å². The van der Waals surface area contributed by atoms with Crippen LogP contribution in [0.3, 0.4) is 0 Å². The van der Waals surface area contributed by atoms with E-state index in [4.69, 9.17) is 32.7 Å². The van der Waals surface area contributed by atoms with Crippen molar-refractivity contribution >= 4 is 45.7 Å². The van der Waals surface area contributed by atoms with Crippen LogP contribution in [0.1, 0.15) is 0 Å². The molecule has 7 heteroatoms. The first-order valence-corrected chi connectivity index (χ1v) is 8.24. The quantitative estimate of drug-likeness (QED) is 0.705. The average Bonchev–Trinajstić information content (AvgIpc) is 3.00. The summed E-state index contributed by atoms with van der Waals surface area (Å²) in [7, 11) is 3.18. The second-order valence-electron chi connectivity index (χ2n) is 5.36. The first-order valence-electron chi connectivity index (χ1n) is 7.48. The van der Waals surface area contributed by atoms with E-state index in [1.165, 1.54) is 0 Å². The Labute approximate surface area is 155 Å². The van der Waals surface area contributed by atoms with Crippen molar-refractivity contribution in [3.63, 3.8) is 0 Å². The fraction of sp³-hybridized carbons (Fsp3) is 0.167. The molecule has 3 aromatic rings. The van der Waals surface area contributed by atoms with Gasteiger partial charge in [-0.25, -0.2) is 0 Å². The summed E-state index contributed by atoms with van der Waals surface area (Å²) in [5.41, 5.74) is 1.31. The molecule has 25 heavy (non-hydrogen) atoms. The van der Waals surface area contributed by atoms with Crippen LogP contribution in [0.15, 0.2) is 42.6 Å². The van der Waals surface area contributed by atoms with Crippen molar-refractivity contribution in [2.45, 2.75) is 6.54 Å². The van der Waals surface area contributed by atoms with Crippen LogP contribution < -0.4 is 14.8 Å². The van der Waals surface area contributed by atoms with Crippen molar-refractivity contribution in [3.05, 3.63) is 52.6 Å². The Balaban J connectivity index is 1.87. The fourth-order valence-corrected chi connectivity index (χ4v) is 2.95. The zero-order chi connectivity index (χ0) is 18.0. The molecule has 130 valence electrons. The largest absolute Gasteiger partial charge is 0.497 e. The number of carbonyl (C=O) groups is 1. The topological polar surface area (TPSA) is 52.5 Å². The van der Waals surface area contributed by atoms with Crippen LogP contribution in [-0.2, 0) is 11.3 Å². The van der Waals surface area contributed by atoms with E-state index in [2.05, 4.69) is 5.32 Å². The van der Waals surface area contributed by atoms with Gasteiger partial charge in [0.1, 0.15) is 18.0 Å². The highest BCUT2D eigenvalue weighted by Crippen LogP contribution is 2.32. The third kappa shape index (κ3) is 3.52. The standard InChI is InChI=1S/C18H16Cl2N2O3/c1-24-11-8-15-12(16(9-11)25-2)6-7-22(15)10-17(23)21-14-5-3-4-13(19)18(14)20/h3-9H,10H2,1-2H3,(H,21,23). The molecule has 5 nitrogen and oxygen atoms in total. The van der Waals surface area contributed by atoms with Crippen LogP contribution in [0, 0.1) is 0 Å². The molecule has 0 saturated carbocycles. The summed E-state index contributed by atoms with van der Waals surface area (Å²) in [4.78, 5) is 12.4. The first-order chi connectivity index (χ1) is 12.0. The van der Waals surface area contributed by atoms with Crippen LogP contribution in [0.25, 0.3) is 10.9 Å². The number of benzene rings is 2. The van der Waals surface area contributed by atoms with E-state index in [1.54, 1.807) is 38.5 Å². The number of halogens is 2. The highest BCUT2D eigenvalue weighted by molar-refractivity contribution is 6.43. The molecule has 0 unspecified atom stereocenters. The molecule has 1 N–H and O–H groups in total. The highest BCUT2D eigenvalue weighted by atomic mass is 35.5. The highest BCUT2D eigenvalue weighted by Gasteiger charge is 2.13. The summed E-state index contributed by atoms with van der Waals surface area (Å²) in [5, 5.41) is 4.38. The van der Waals surface area contributed by atoms with E-state index in [1.807, 2.05) is 22.9 Å². The molecule has 2 aromatic carbocycles. The zero-order valence-electron chi connectivity index (χ0n) is 13.7. The average molecular weight is 379 g/mol. The molecular formula is C18H16Cl2N2O3. The molecule has 0 radical (unpaired) electrons. The van der Waals surface area contributed by atoms with Gasteiger partial charge < -0.3 is 19.4 Å². The minimum Gasteiger partial charge on any atom is -0.497 e. The van der Waals surface area contributed by atoms with Crippen molar-refractivity contribution in [2.24, 2.45) is 0 Å². The molecule has 0 aliphatic carbocycles. The van der Waals surface area contributed by atoms with Gasteiger partial charge in [-0.3, -0.25) is 4.79 Å². The van der Waals surface area contributed by atoms with E-state index in [9.17, 15) is 4.79 Å². The van der Waals surface area contributed by atoms with Gasteiger partial charge in [0.15, 0.2) is 0 Å². The lowest BCUT2D eigenvalue weighted by Gasteiger charge is -2.11. The number of ether oxygens (including phenoxy) is 2. The number of rotatable bonds is 5. The van der Waals surface area contributed by atoms with E-state index >= 15 is 0 Å². The van der Waals surface area contributed by atoms with Crippen LogP contribution in [0.2, 0.25) is 10.0 Å². The number of nitrogens with zero attached hydrogens (tertiary/aromatic N) is 1. The van der Waals surface area contributed by atoms with Crippen LogP contribution in [-0.4, -0.2) is 24.7 Å². The zero-order valence-corrected chi connectivity index (χ0v) is 15.2. The SMILES string of the molecule is COc1cc(OC)c2ccn(CC(=O)Nc3cccc(Cl)c3Cl)c2c1. The Morgan fingerprint density at radius 1 is 1.16 bits per heavy atom. The van der Waals surface area contributed by atoms with Crippen LogP contribution in [0.5, 0.6) is 11.5 Å². The first kappa shape index (κ1) is 17.5. The van der Waals surface area contributed by atoms with Crippen LogP contribution >= 0.6 is 23.2 Å². The summed E-state index contributed by atoms with van der Waals surface area (Å²) in [6.45, 7) is 0.114. The van der Waals surface area contributed by atoms with Gasteiger partial charge >= 0.3 is 0 Å². The van der Waals surface area contributed by atoms with Crippen molar-refractivity contribution in [2.75, 3.05) is 19.5 Å². The third-order valence-corrected chi connectivity index (χ3v) is 4.64. The molecule has 0 atom stereocenters. The molecule has 0 fully saturated rings. The minimum atomic E-state index is -0.219. The molecule has 1 aromatic heterocycles. The summed E-state index contributed by atoms with van der Waals surface area (Å²) in [5.74, 6) is 1.12. The summed E-state index contributed by atoms with van der Waals surface area (Å²) in [6, 6.07) is 10.7. The Morgan fingerprint density at radius 3 is 2.68 bits per heavy atom. The summed E-state index contributed by atoms with van der Waals surface area (Å²) < 4.78 is 12.5. The monoisotopic (exact) mass is 378 g/mol. The lowest BCUT2D eigenvalue weighted by atomic mass is 10.2. The molecule has 3 rings (SSSR count). The normalized spacial score (nSPS) is 10.7. The Morgan fingerprint density at radius 2 is 1.96 bits per heavy atom. The van der Waals surface area contributed by atoms with Gasteiger partial charge in [0, 0.05) is 23.7 Å². The molecule has 0 saturated heterocycles. The van der Waals surface area contributed by atoms with Gasteiger partial charge in [-0.05, 0) is 18.2 Å². The number of carbonyl (C=O) groups excluding carboxylic acids is 1. The van der Waals surface area contributed by atoms with Crippen molar-refractivity contribution < 1.29 is 14.3 Å². The van der Waals surface area contributed by atoms with Gasteiger partial charge in [-0.1, -0.05) is 29.3 Å². The molecule has 0 spiro atoms. The predicted octanol–water partition coefficient (Wildman–Crippen LogP) is 4.60. The molecule has 0 aliphatic rings. The molecule has 1 heterocycles. The fourth-order valence-electron chi connectivity index (χ4n) is 2.61. The molecule has 1 amide bonds. The van der Waals surface area contributed by atoms with Crippen molar-refractivity contribution in [3.8, 4) is 11.5 Å². The maximum absolute atomic E-state index is 12.4. The maximum atomic E-state index is 12.4. The second-order valence-corrected chi connectivity index (χ2v) is 6.14. The van der Waals surface area contributed by atoms with E-state index in [0.29, 0.717) is 27.2 Å². The number of aromatic nitrogens is 1. The number of hydrogen-bond donors (Lipinski definition) is 1. The van der Waals surface area contributed by atoms with Crippen molar-refractivity contribution in [1.82, 2.24) is 4.57 Å². The molecule has 0 bridgehead atoms. The number of amides is 1. The number of nitrogens with one attached hydrogen (secondary N) is 1. The minimum absolute atomic E-state index is 0.114. The molecule has 0 aliphatic heterocycles. The van der Waals surface area contributed by atoms with Gasteiger partial charge in [-0.2, -0.15) is 0 Å². The Bertz CT molecular complexity index is 937. The van der Waals surface area contributed by atoms with E-state index in [-0.39, 0.29) is 12.5 Å². The number of fused-ring (bicyclic) bond motifs is 1. The summed E-state index contributed by atoms with van der Waals surface area (Å²) in [6.07, 6.45) is 1.83. The van der Waals surface area contributed by atoms with Gasteiger partial charge in [-0.15, -0.1) is 0 Å². The summed E-state index contributed by atoms with van der Waals surface area (Å²) >= 11 is 12.1. The Kier molecular flexibility index (Phi) is 5.06. The smallest absolute Gasteiger partial charge is 0.244 e. The number of hydrogen-bond acceptors (Lipinski definition) is 3. The predicted molar refractivity (Wildman–Crippen MR) is 100 cm³/mol. The van der Waals surface area contributed by atoms with Gasteiger partial charge in [0.25, 0.3) is 0 Å². The van der Waals surface area contributed by atoms with Crippen LogP contribution in [0.4, 0.5) is 5.69 Å². The van der Waals surface area contributed by atoms with Gasteiger partial charge in [0.2, 0.25) is 5.91 Å². The third-order valence-electron chi connectivity index (χ3n) is 3.82. The maximum Gasteiger partial charge on any atom is 0.244 e. The number of methoxy groups -OCH3 is 2. The lowest BCUT2D eigenvalue weighted by molar-refractivity contribution is -0.116. The van der Waals surface area contributed by atoms with E-state index in [0.717, 1.165) is 10.9 Å². The Hall–Kier alpha value is -2.37. The number of anilines is 1. The second kappa shape index (κ2) is 7.25. The van der Waals surface area contributed by atoms with Crippen molar-refractivity contribution in [1.29, 1.82) is 0 Å².